The zero-order valence-corrected chi connectivity index (χ0v) is 13.5. The zero-order valence-electron chi connectivity index (χ0n) is 11.1. The van der Waals surface area contributed by atoms with E-state index in [0.29, 0.717) is 18.8 Å². The van der Waals surface area contributed by atoms with Gasteiger partial charge in [-0.2, -0.15) is 4.31 Å². The summed E-state index contributed by atoms with van der Waals surface area (Å²) in [5, 5.41) is 0.282. The Morgan fingerprint density at radius 2 is 2.15 bits per heavy atom. The summed E-state index contributed by atoms with van der Waals surface area (Å²) in [6.07, 6.45) is 1.64. The molecule has 1 aromatic rings. The van der Waals surface area contributed by atoms with E-state index in [0.717, 1.165) is 12.8 Å². The lowest BCUT2D eigenvalue weighted by atomic mass is 10.1. The molecule has 0 unspecified atom stereocenters. The van der Waals surface area contributed by atoms with Gasteiger partial charge in [0.2, 0.25) is 10.0 Å². The third-order valence-electron chi connectivity index (χ3n) is 3.18. The van der Waals surface area contributed by atoms with Gasteiger partial charge >= 0.3 is 0 Å². The van der Waals surface area contributed by atoms with Crippen molar-refractivity contribution in [1.29, 1.82) is 0 Å². The van der Waals surface area contributed by atoms with Gasteiger partial charge in [-0.25, -0.2) is 8.42 Å². The third kappa shape index (κ3) is 3.56. The highest BCUT2D eigenvalue weighted by atomic mass is 35.5. The summed E-state index contributed by atoms with van der Waals surface area (Å²) >= 11 is 5.97. The van der Waals surface area contributed by atoms with Crippen molar-refractivity contribution in [2.75, 3.05) is 20.2 Å². The number of ether oxygens (including phenoxy) is 1. The number of nitrogens with two attached hydrogens (primary N) is 1. The molecule has 0 spiro atoms. The SMILES string of the molecule is COc1ccc(S(=O)(=O)N2CCC[C@@H](N)C2)cc1Cl.Cl. The first kappa shape index (κ1) is 17.5. The summed E-state index contributed by atoms with van der Waals surface area (Å²) in [6, 6.07) is 4.37. The van der Waals surface area contributed by atoms with E-state index in [2.05, 4.69) is 0 Å². The lowest BCUT2D eigenvalue weighted by molar-refractivity contribution is 0.316. The Kier molecular flexibility index (Phi) is 6.09. The van der Waals surface area contributed by atoms with Crippen LogP contribution >= 0.6 is 24.0 Å². The van der Waals surface area contributed by atoms with Crippen LogP contribution in [-0.4, -0.2) is 39.0 Å². The predicted molar refractivity (Wildman–Crippen MR) is 81.2 cm³/mol. The smallest absolute Gasteiger partial charge is 0.243 e. The van der Waals surface area contributed by atoms with E-state index in [1.807, 2.05) is 0 Å². The van der Waals surface area contributed by atoms with Crippen LogP contribution in [0.2, 0.25) is 5.02 Å². The minimum atomic E-state index is -3.53. The number of nitrogens with zero attached hydrogens (tertiary/aromatic N) is 1. The maximum atomic E-state index is 12.5. The number of benzene rings is 1. The van der Waals surface area contributed by atoms with E-state index in [1.165, 1.54) is 23.5 Å². The molecule has 8 heteroatoms. The number of methoxy groups -OCH3 is 1. The van der Waals surface area contributed by atoms with E-state index in [-0.39, 0.29) is 28.4 Å². The second-order valence-corrected chi connectivity index (χ2v) is 6.91. The molecule has 2 rings (SSSR count). The largest absolute Gasteiger partial charge is 0.495 e. The monoisotopic (exact) mass is 340 g/mol. The molecular formula is C12H18Cl2N2O3S. The summed E-state index contributed by atoms with van der Waals surface area (Å²) in [6.45, 7) is 0.853. The van der Waals surface area contributed by atoms with Crippen LogP contribution in [-0.2, 0) is 10.0 Å². The van der Waals surface area contributed by atoms with Gasteiger partial charge in [0, 0.05) is 19.1 Å². The van der Waals surface area contributed by atoms with Crippen LogP contribution in [0, 0.1) is 0 Å². The van der Waals surface area contributed by atoms with Crippen molar-refractivity contribution in [3.8, 4) is 5.75 Å². The summed E-state index contributed by atoms with van der Waals surface area (Å²) in [5.74, 6) is 0.455. The Bertz CT molecular complexity index is 566. The van der Waals surface area contributed by atoms with Gasteiger partial charge in [-0.3, -0.25) is 0 Å². The minimum absolute atomic E-state index is 0. The molecule has 1 aliphatic heterocycles. The molecule has 0 saturated carbocycles. The minimum Gasteiger partial charge on any atom is -0.495 e. The molecule has 1 aromatic carbocycles. The van der Waals surface area contributed by atoms with Gasteiger partial charge in [0.15, 0.2) is 0 Å². The molecule has 5 nitrogen and oxygen atoms in total. The van der Waals surface area contributed by atoms with E-state index < -0.39 is 10.0 Å². The van der Waals surface area contributed by atoms with Crippen molar-refractivity contribution >= 4 is 34.0 Å². The van der Waals surface area contributed by atoms with Gasteiger partial charge < -0.3 is 10.5 Å². The fourth-order valence-corrected chi connectivity index (χ4v) is 4.03. The van der Waals surface area contributed by atoms with E-state index in [1.54, 1.807) is 6.07 Å². The summed E-state index contributed by atoms with van der Waals surface area (Å²) < 4.78 is 31.3. The Labute approximate surface area is 130 Å². The van der Waals surface area contributed by atoms with Crippen LogP contribution in [0.15, 0.2) is 23.1 Å². The standard InChI is InChI=1S/C12H17ClN2O3S.ClH/c1-18-12-5-4-10(7-11(12)13)19(16,17)15-6-2-3-9(14)8-15;/h4-5,7,9H,2-3,6,8,14H2,1H3;1H/t9-;/m1./s1. The molecule has 1 saturated heterocycles. The van der Waals surface area contributed by atoms with Crippen molar-refractivity contribution in [3.05, 3.63) is 23.2 Å². The average Bonchev–Trinajstić information content (AvgIpc) is 2.38. The highest BCUT2D eigenvalue weighted by Crippen LogP contribution is 2.29. The number of sulfonamides is 1. The Hall–Kier alpha value is -0.530. The first-order valence-electron chi connectivity index (χ1n) is 6.04. The average molecular weight is 341 g/mol. The van der Waals surface area contributed by atoms with Crippen molar-refractivity contribution in [2.45, 2.75) is 23.8 Å². The highest BCUT2D eigenvalue weighted by molar-refractivity contribution is 7.89. The van der Waals surface area contributed by atoms with Crippen molar-refractivity contribution < 1.29 is 13.2 Å². The molecule has 0 aliphatic carbocycles. The third-order valence-corrected chi connectivity index (χ3v) is 5.34. The maximum Gasteiger partial charge on any atom is 0.243 e. The van der Waals surface area contributed by atoms with E-state index >= 15 is 0 Å². The van der Waals surface area contributed by atoms with E-state index in [4.69, 9.17) is 22.1 Å². The first-order chi connectivity index (χ1) is 8.95. The second-order valence-electron chi connectivity index (χ2n) is 4.56. The van der Waals surface area contributed by atoms with Crippen molar-refractivity contribution in [1.82, 2.24) is 4.31 Å². The Balaban J connectivity index is 0.00000200. The fraction of sp³-hybridized carbons (Fsp3) is 0.500. The van der Waals surface area contributed by atoms with Gasteiger partial charge in [-0.05, 0) is 31.0 Å². The lowest BCUT2D eigenvalue weighted by Gasteiger charge is -2.29. The van der Waals surface area contributed by atoms with Crippen molar-refractivity contribution in [2.24, 2.45) is 5.73 Å². The van der Waals surface area contributed by atoms with Crippen LogP contribution in [0.5, 0.6) is 5.75 Å². The molecule has 20 heavy (non-hydrogen) atoms. The predicted octanol–water partition coefficient (Wildman–Crippen LogP) is 1.88. The molecule has 0 aromatic heterocycles. The van der Waals surface area contributed by atoms with Gasteiger partial charge in [0.1, 0.15) is 5.75 Å². The van der Waals surface area contributed by atoms with Gasteiger partial charge in [0.05, 0.1) is 17.0 Å². The molecular weight excluding hydrogens is 323 g/mol. The van der Waals surface area contributed by atoms with Gasteiger partial charge in [0.25, 0.3) is 0 Å². The molecule has 0 amide bonds. The van der Waals surface area contributed by atoms with Crippen LogP contribution in [0.4, 0.5) is 0 Å². The van der Waals surface area contributed by atoms with Crippen LogP contribution in [0.3, 0.4) is 0 Å². The Morgan fingerprint density at radius 3 is 2.70 bits per heavy atom. The normalized spacial score (nSPS) is 20.2. The van der Waals surface area contributed by atoms with Crippen LogP contribution in [0.1, 0.15) is 12.8 Å². The number of hydrogen-bond acceptors (Lipinski definition) is 4. The molecule has 1 atom stereocenters. The quantitative estimate of drug-likeness (QED) is 0.911. The van der Waals surface area contributed by atoms with Crippen LogP contribution < -0.4 is 10.5 Å². The molecule has 2 N–H and O–H groups in total. The molecule has 0 bridgehead atoms. The summed E-state index contributed by atoms with van der Waals surface area (Å²) in [7, 11) is -2.04. The van der Waals surface area contributed by atoms with Crippen molar-refractivity contribution in [3.63, 3.8) is 0 Å². The zero-order chi connectivity index (χ0) is 14.0. The number of rotatable bonds is 3. The Morgan fingerprint density at radius 1 is 1.45 bits per heavy atom. The lowest BCUT2D eigenvalue weighted by Crippen LogP contribution is -2.45. The topological polar surface area (TPSA) is 72.6 Å². The first-order valence-corrected chi connectivity index (χ1v) is 7.86. The molecule has 1 fully saturated rings. The number of halogens is 2. The fourth-order valence-electron chi connectivity index (χ4n) is 2.15. The molecule has 114 valence electrons. The summed E-state index contributed by atoms with van der Waals surface area (Å²) in [4.78, 5) is 0.174. The second kappa shape index (κ2) is 6.95. The van der Waals surface area contributed by atoms with Gasteiger partial charge in [-0.15, -0.1) is 12.4 Å². The summed E-state index contributed by atoms with van der Waals surface area (Å²) in [5.41, 5.74) is 5.82. The maximum absolute atomic E-state index is 12.5. The molecule has 1 aliphatic rings. The molecule has 0 radical (unpaired) electrons. The molecule has 1 heterocycles. The number of piperidine rings is 1. The van der Waals surface area contributed by atoms with Crippen LogP contribution in [0.25, 0.3) is 0 Å². The number of hydrogen-bond donors (Lipinski definition) is 1. The van der Waals surface area contributed by atoms with Gasteiger partial charge in [-0.1, -0.05) is 11.6 Å². The van der Waals surface area contributed by atoms with E-state index in [9.17, 15) is 8.42 Å². The highest BCUT2D eigenvalue weighted by Gasteiger charge is 2.29.